The number of aromatic nitrogens is 1. The Labute approximate surface area is 195 Å². The van der Waals surface area contributed by atoms with Crippen molar-refractivity contribution in [1.29, 1.82) is 0 Å². The van der Waals surface area contributed by atoms with Gasteiger partial charge in [-0.25, -0.2) is 10.2 Å². The highest BCUT2D eigenvalue weighted by atomic mass is 16.5. The Kier molecular flexibility index (Phi) is 7.16. The van der Waals surface area contributed by atoms with Crippen molar-refractivity contribution in [3.05, 3.63) is 88.2 Å². The van der Waals surface area contributed by atoms with Gasteiger partial charge < -0.3 is 9.30 Å². The number of aryl methyl sites for hydroxylation is 1. The van der Waals surface area contributed by atoms with E-state index >= 15 is 0 Å². The number of nitrogens with one attached hydrogen (secondary N) is 1. The van der Waals surface area contributed by atoms with E-state index in [-0.39, 0.29) is 23.7 Å². The van der Waals surface area contributed by atoms with Crippen LogP contribution in [0.5, 0.6) is 0 Å². The molecule has 33 heavy (non-hydrogen) atoms. The Morgan fingerprint density at radius 2 is 1.76 bits per heavy atom. The Bertz CT molecular complexity index is 1180. The lowest BCUT2D eigenvalue weighted by Crippen LogP contribution is -2.20. The summed E-state index contributed by atoms with van der Waals surface area (Å²) in [4.78, 5) is 24.2. The van der Waals surface area contributed by atoms with Crippen LogP contribution in [0.1, 0.15) is 59.2 Å². The van der Waals surface area contributed by atoms with E-state index in [1.165, 1.54) is 12.7 Å². The van der Waals surface area contributed by atoms with Gasteiger partial charge in [0.05, 0.1) is 25.3 Å². The van der Waals surface area contributed by atoms with Crippen LogP contribution in [0.25, 0.3) is 5.69 Å². The zero-order valence-corrected chi connectivity index (χ0v) is 20.1. The topological polar surface area (TPSA) is 72.7 Å². The lowest BCUT2D eigenvalue weighted by Gasteiger charge is -2.19. The van der Waals surface area contributed by atoms with Crippen molar-refractivity contribution >= 4 is 18.1 Å². The fourth-order valence-corrected chi connectivity index (χ4v) is 3.73. The van der Waals surface area contributed by atoms with Crippen LogP contribution in [-0.2, 0) is 21.4 Å². The summed E-state index contributed by atoms with van der Waals surface area (Å²) in [5.41, 5.74) is 9.03. The molecule has 3 rings (SSSR count). The summed E-state index contributed by atoms with van der Waals surface area (Å²) in [7, 11) is 1.37. The van der Waals surface area contributed by atoms with Crippen molar-refractivity contribution < 1.29 is 14.3 Å². The molecule has 6 heteroatoms. The molecule has 3 aromatic rings. The van der Waals surface area contributed by atoms with Crippen LogP contribution >= 0.6 is 0 Å². The zero-order valence-electron chi connectivity index (χ0n) is 20.1. The van der Waals surface area contributed by atoms with Gasteiger partial charge in [0.25, 0.3) is 0 Å². The normalized spacial score (nSPS) is 11.6. The SMILES string of the molecule is COC(=O)c1cccc(-n2c(C)cc(/C=N\NC(=O)Cc3ccc(C(C)(C)C)cc3)c2C)c1. The number of methoxy groups -OCH3 is 1. The van der Waals surface area contributed by atoms with Crippen LogP contribution in [0.3, 0.4) is 0 Å². The minimum atomic E-state index is -0.378. The second-order valence-corrected chi connectivity index (χ2v) is 9.12. The summed E-state index contributed by atoms with van der Waals surface area (Å²) in [5.74, 6) is -0.550. The number of rotatable bonds is 6. The van der Waals surface area contributed by atoms with E-state index in [4.69, 9.17) is 4.74 Å². The smallest absolute Gasteiger partial charge is 0.337 e. The molecule has 1 heterocycles. The number of carbonyl (C=O) groups excluding carboxylic acids is 2. The van der Waals surface area contributed by atoms with Gasteiger partial charge in [-0.2, -0.15) is 5.10 Å². The van der Waals surface area contributed by atoms with Crippen LogP contribution in [-0.4, -0.2) is 29.8 Å². The maximum atomic E-state index is 12.3. The molecular formula is C27H31N3O3. The number of nitrogens with zero attached hydrogens (tertiary/aromatic N) is 2. The van der Waals surface area contributed by atoms with Gasteiger partial charge in [0.1, 0.15) is 0 Å². The molecule has 0 spiro atoms. The van der Waals surface area contributed by atoms with E-state index < -0.39 is 0 Å². The number of esters is 1. The molecule has 0 radical (unpaired) electrons. The van der Waals surface area contributed by atoms with Crippen molar-refractivity contribution in [2.24, 2.45) is 5.10 Å². The molecule has 0 atom stereocenters. The van der Waals surface area contributed by atoms with E-state index in [9.17, 15) is 9.59 Å². The zero-order chi connectivity index (χ0) is 24.2. The maximum absolute atomic E-state index is 12.3. The molecule has 0 saturated heterocycles. The molecule has 0 saturated carbocycles. The monoisotopic (exact) mass is 445 g/mol. The predicted molar refractivity (Wildman–Crippen MR) is 131 cm³/mol. The number of hydrogen-bond acceptors (Lipinski definition) is 4. The highest BCUT2D eigenvalue weighted by Gasteiger charge is 2.14. The number of carbonyl (C=O) groups is 2. The van der Waals surface area contributed by atoms with Crippen molar-refractivity contribution in [2.75, 3.05) is 7.11 Å². The summed E-state index contributed by atoms with van der Waals surface area (Å²) in [6, 6.07) is 17.4. The number of amides is 1. The summed E-state index contributed by atoms with van der Waals surface area (Å²) < 4.78 is 6.86. The third-order valence-corrected chi connectivity index (χ3v) is 5.57. The average molecular weight is 446 g/mol. The van der Waals surface area contributed by atoms with Crippen LogP contribution in [0.4, 0.5) is 0 Å². The van der Waals surface area contributed by atoms with E-state index in [1.54, 1.807) is 18.3 Å². The number of benzene rings is 2. The molecule has 172 valence electrons. The van der Waals surface area contributed by atoms with Crippen LogP contribution in [0, 0.1) is 13.8 Å². The molecule has 1 aromatic heterocycles. The quantitative estimate of drug-likeness (QED) is 0.334. The first-order valence-electron chi connectivity index (χ1n) is 10.9. The number of hydrazone groups is 1. The minimum absolute atomic E-state index is 0.0815. The highest BCUT2D eigenvalue weighted by molar-refractivity contribution is 5.90. The van der Waals surface area contributed by atoms with Crippen molar-refractivity contribution in [1.82, 2.24) is 9.99 Å². The van der Waals surface area contributed by atoms with E-state index in [0.29, 0.717) is 5.56 Å². The first kappa shape index (κ1) is 24.0. The average Bonchev–Trinajstić information content (AvgIpc) is 3.06. The van der Waals surface area contributed by atoms with Gasteiger partial charge in [-0.15, -0.1) is 0 Å². The first-order valence-corrected chi connectivity index (χ1v) is 10.9. The molecule has 6 nitrogen and oxygen atoms in total. The molecule has 0 bridgehead atoms. The van der Waals surface area contributed by atoms with E-state index in [0.717, 1.165) is 28.2 Å². The first-order chi connectivity index (χ1) is 15.6. The lowest BCUT2D eigenvalue weighted by atomic mass is 9.86. The van der Waals surface area contributed by atoms with E-state index in [2.05, 4.69) is 43.4 Å². The van der Waals surface area contributed by atoms with Gasteiger partial charge in [0, 0.05) is 22.6 Å². The summed E-state index contributed by atoms with van der Waals surface area (Å²) in [6.45, 7) is 10.4. The third kappa shape index (κ3) is 5.77. The second-order valence-electron chi connectivity index (χ2n) is 9.12. The highest BCUT2D eigenvalue weighted by Crippen LogP contribution is 2.23. The maximum Gasteiger partial charge on any atom is 0.337 e. The van der Waals surface area contributed by atoms with Gasteiger partial charge in [-0.1, -0.05) is 51.1 Å². The standard InChI is InChI=1S/C27H31N3O3/c1-18-14-22(19(2)30(18)24-9-7-8-21(16-24)26(32)33-6)17-28-29-25(31)15-20-10-12-23(13-11-20)27(3,4)5/h7-14,16-17H,15H2,1-6H3,(H,29,31)/b28-17-. The minimum Gasteiger partial charge on any atom is -0.465 e. The Morgan fingerprint density at radius 3 is 2.39 bits per heavy atom. The number of ether oxygens (including phenoxy) is 1. The van der Waals surface area contributed by atoms with Gasteiger partial charge in [-0.05, 0) is 54.7 Å². The van der Waals surface area contributed by atoms with Gasteiger partial charge >= 0.3 is 5.97 Å². The van der Waals surface area contributed by atoms with E-state index in [1.807, 2.05) is 48.7 Å². The Balaban J connectivity index is 1.69. The molecule has 1 amide bonds. The fraction of sp³-hybridized carbons (Fsp3) is 0.296. The molecule has 0 unspecified atom stereocenters. The molecule has 1 N–H and O–H groups in total. The predicted octanol–water partition coefficient (Wildman–Crippen LogP) is 4.87. The number of hydrogen-bond donors (Lipinski definition) is 1. The molecule has 0 fully saturated rings. The molecule has 0 aliphatic heterocycles. The van der Waals surface area contributed by atoms with Gasteiger partial charge in [-0.3, -0.25) is 4.79 Å². The van der Waals surface area contributed by atoms with Gasteiger partial charge in [0.2, 0.25) is 5.91 Å². The summed E-state index contributed by atoms with van der Waals surface area (Å²) >= 11 is 0. The largest absolute Gasteiger partial charge is 0.465 e. The van der Waals surface area contributed by atoms with Crippen molar-refractivity contribution in [3.63, 3.8) is 0 Å². The molecule has 0 aliphatic rings. The lowest BCUT2D eigenvalue weighted by molar-refractivity contribution is -0.120. The molecular weight excluding hydrogens is 414 g/mol. The van der Waals surface area contributed by atoms with Crippen LogP contribution in [0.15, 0.2) is 59.7 Å². The van der Waals surface area contributed by atoms with Crippen molar-refractivity contribution in [2.45, 2.75) is 46.5 Å². The molecule has 0 aliphatic carbocycles. The van der Waals surface area contributed by atoms with Gasteiger partial charge in [0.15, 0.2) is 0 Å². The summed E-state index contributed by atoms with van der Waals surface area (Å²) in [5, 5.41) is 4.15. The summed E-state index contributed by atoms with van der Waals surface area (Å²) in [6.07, 6.45) is 1.91. The molecule has 2 aromatic carbocycles. The second kappa shape index (κ2) is 9.86. The fourth-order valence-electron chi connectivity index (χ4n) is 3.73. The third-order valence-electron chi connectivity index (χ3n) is 5.57. The van der Waals surface area contributed by atoms with Crippen molar-refractivity contribution in [3.8, 4) is 5.69 Å². The Morgan fingerprint density at radius 1 is 1.06 bits per heavy atom. The van der Waals surface area contributed by atoms with Crippen LogP contribution in [0.2, 0.25) is 0 Å². The Hall–Kier alpha value is -3.67. The van der Waals surface area contributed by atoms with Crippen LogP contribution < -0.4 is 5.43 Å².